The SMILES string of the molecule is C/C=C\C=C(/Oc1ccccc1)N(CCC)CCC. The van der Waals surface area contributed by atoms with Crippen molar-refractivity contribution >= 4 is 0 Å². The maximum absolute atomic E-state index is 6.02. The number of para-hydroxylation sites is 1. The molecule has 0 bridgehead atoms. The highest BCUT2D eigenvalue weighted by atomic mass is 16.5. The Bertz CT molecular complexity index is 389. The van der Waals surface area contributed by atoms with Crippen molar-refractivity contribution in [2.75, 3.05) is 13.1 Å². The van der Waals surface area contributed by atoms with Crippen molar-refractivity contribution in [3.63, 3.8) is 0 Å². The number of hydrogen-bond donors (Lipinski definition) is 0. The van der Waals surface area contributed by atoms with Gasteiger partial charge in [0.15, 0.2) is 5.88 Å². The average Bonchev–Trinajstić information content (AvgIpc) is 2.44. The first kappa shape index (κ1) is 15.4. The minimum Gasteiger partial charge on any atom is -0.441 e. The molecule has 0 spiro atoms. The third-order valence-corrected chi connectivity index (χ3v) is 2.70. The molecule has 0 heterocycles. The Morgan fingerprint density at radius 3 is 2.26 bits per heavy atom. The van der Waals surface area contributed by atoms with Crippen LogP contribution in [0, 0.1) is 0 Å². The molecule has 0 fully saturated rings. The van der Waals surface area contributed by atoms with Crippen molar-refractivity contribution in [3.8, 4) is 5.75 Å². The lowest BCUT2D eigenvalue weighted by Gasteiger charge is -2.26. The monoisotopic (exact) mass is 259 g/mol. The van der Waals surface area contributed by atoms with Gasteiger partial charge in [-0.15, -0.1) is 0 Å². The third kappa shape index (κ3) is 5.64. The smallest absolute Gasteiger partial charge is 0.195 e. The van der Waals surface area contributed by atoms with Crippen LogP contribution in [0.2, 0.25) is 0 Å². The van der Waals surface area contributed by atoms with Gasteiger partial charge in [0.2, 0.25) is 0 Å². The van der Waals surface area contributed by atoms with E-state index in [4.69, 9.17) is 4.74 Å². The number of allylic oxidation sites excluding steroid dienone is 3. The highest BCUT2D eigenvalue weighted by molar-refractivity contribution is 5.24. The first-order valence-corrected chi connectivity index (χ1v) is 7.12. The molecule has 2 nitrogen and oxygen atoms in total. The Morgan fingerprint density at radius 1 is 1.11 bits per heavy atom. The fourth-order valence-corrected chi connectivity index (χ4v) is 1.86. The summed E-state index contributed by atoms with van der Waals surface area (Å²) in [4.78, 5) is 2.30. The van der Waals surface area contributed by atoms with Crippen molar-refractivity contribution in [1.29, 1.82) is 0 Å². The molecule has 0 saturated carbocycles. The quantitative estimate of drug-likeness (QED) is 0.499. The largest absolute Gasteiger partial charge is 0.441 e. The predicted octanol–water partition coefficient (Wildman–Crippen LogP) is 4.60. The van der Waals surface area contributed by atoms with Crippen LogP contribution in [0.3, 0.4) is 0 Å². The minimum absolute atomic E-state index is 0.885. The normalized spacial score (nSPS) is 11.8. The van der Waals surface area contributed by atoms with E-state index in [9.17, 15) is 0 Å². The molecule has 0 N–H and O–H groups in total. The van der Waals surface area contributed by atoms with E-state index in [2.05, 4.69) is 18.7 Å². The fourth-order valence-electron chi connectivity index (χ4n) is 1.86. The highest BCUT2D eigenvalue weighted by Gasteiger charge is 2.09. The zero-order valence-electron chi connectivity index (χ0n) is 12.3. The molecule has 1 rings (SSSR count). The number of benzene rings is 1. The lowest BCUT2D eigenvalue weighted by Crippen LogP contribution is -2.27. The Labute approximate surface area is 117 Å². The van der Waals surface area contributed by atoms with Crippen molar-refractivity contribution in [3.05, 3.63) is 54.4 Å². The van der Waals surface area contributed by atoms with Crippen LogP contribution < -0.4 is 4.74 Å². The van der Waals surface area contributed by atoms with Gasteiger partial charge >= 0.3 is 0 Å². The summed E-state index contributed by atoms with van der Waals surface area (Å²) in [6.45, 7) is 8.44. The summed E-state index contributed by atoms with van der Waals surface area (Å²) in [7, 11) is 0. The second-order valence-corrected chi connectivity index (χ2v) is 4.43. The third-order valence-electron chi connectivity index (χ3n) is 2.70. The van der Waals surface area contributed by atoms with Gasteiger partial charge in [-0.1, -0.05) is 44.2 Å². The van der Waals surface area contributed by atoms with Crippen LogP contribution in [0.4, 0.5) is 0 Å². The summed E-state index contributed by atoms with van der Waals surface area (Å²) in [6.07, 6.45) is 8.32. The fraction of sp³-hybridized carbons (Fsp3) is 0.412. The molecule has 0 aliphatic carbocycles. The predicted molar refractivity (Wildman–Crippen MR) is 82.1 cm³/mol. The van der Waals surface area contributed by atoms with Crippen LogP contribution >= 0.6 is 0 Å². The van der Waals surface area contributed by atoms with Crippen molar-refractivity contribution < 1.29 is 4.74 Å². The van der Waals surface area contributed by atoms with Crippen LogP contribution in [-0.2, 0) is 0 Å². The summed E-state index contributed by atoms with van der Waals surface area (Å²) in [6, 6.07) is 9.95. The highest BCUT2D eigenvalue weighted by Crippen LogP contribution is 2.16. The second kappa shape index (κ2) is 9.26. The lowest BCUT2D eigenvalue weighted by molar-refractivity contribution is 0.215. The molecular weight excluding hydrogens is 234 g/mol. The van der Waals surface area contributed by atoms with Gasteiger partial charge in [-0.3, -0.25) is 0 Å². The van der Waals surface area contributed by atoms with Crippen LogP contribution in [0.15, 0.2) is 54.4 Å². The molecule has 0 radical (unpaired) electrons. The first-order chi connectivity index (χ1) is 9.31. The zero-order valence-corrected chi connectivity index (χ0v) is 12.3. The molecule has 1 aromatic rings. The van der Waals surface area contributed by atoms with Crippen molar-refractivity contribution in [2.24, 2.45) is 0 Å². The summed E-state index contributed by atoms with van der Waals surface area (Å²) in [5.74, 6) is 1.81. The maximum Gasteiger partial charge on any atom is 0.195 e. The Kier molecular flexibility index (Phi) is 7.48. The Balaban J connectivity index is 2.86. The molecule has 104 valence electrons. The molecule has 2 heteroatoms. The van der Waals surface area contributed by atoms with Gasteiger partial charge in [-0.05, 0) is 38.0 Å². The summed E-state index contributed by atoms with van der Waals surface area (Å²) < 4.78 is 6.02. The maximum atomic E-state index is 6.02. The number of rotatable bonds is 8. The van der Waals surface area contributed by atoms with E-state index >= 15 is 0 Å². The van der Waals surface area contributed by atoms with Gasteiger partial charge in [0.25, 0.3) is 0 Å². The summed E-state index contributed by atoms with van der Waals surface area (Å²) >= 11 is 0. The van der Waals surface area contributed by atoms with Crippen LogP contribution in [0.1, 0.15) is 33.6 Å². The molecule has 0 aliphatic heterocycles. The summed E-state index contributed by atoms with van der Waals surface area (Å²) in [5.41, 5.74) is 0. The summed E-state index contributed by atoms with van der Waals surface area (Å²) in [5, 5.41) is 0. The average molecular weight is 259 g/mol. The number of hydrogen-bond acceptors (Lipinski definition) is 2. The molecule has 19 heavy (non-hydrogen) atoms. The van der Waals surface area contributed by atoms with Gasteiger partial charge in [0, 0.05) is 13.1 Å². The molecular formula is C17H25NO. The van der Waals surface area contributed by atoms with E-state index < -0.39 is 0 Å². The Morgan fingerprint density at radius 2 is 1.74 bits per heavy atom. The minimum atomic E-state index is 0.885. The van der Waals surface area contributed by atoms with Crippen molar-refractivity contribution in [2.45, 2.75) is 33.6 Å². The van der Waals surface area contributed by atoms with E-state index in [1.165, 1.54) is 0 Å². The Hall–Kier alpha value is -1.70. The van der Waals surface area contributed by atoms with Crippen molar-refractivity contribution in [1.82, 2.24) is 4.90 Å². The molecule has 0 unspecified atom stereocenters. The van der Waals surface area contributed by atoms with Crippen LogP contribution in [0.5, 0.6) is 5.75 Å². The van der Waals surface area contributed by atoms with E-state index in [-0.39, 0.29) is 0 Å². The van der Waals surface area contributed by atoms with E-state index in [0.717, 1.165) is 37.6 Å². The van der Waals surface area contributed by atoms with Crippen LogP contribution in [-0.4, -0.2) is 18.0 Å². The van der Waals surface area contributed by atoms with Gasteiger partial charge in [0.1, 0.15) is 5.75 Å². The standard InChI is InChI=1S/C17H25NO/c1-4-7-13-17(18(14-5-2)15-6-3)19-16-11-9-8-10-12-16/h4,7-13H,5-6,14-15H2,1-3H3/b7-4-,17-13-. The van der Waals surface area contributed by atoms with E-state index in [1.807, 2.05) is 55.5 Å². The second-order valence-electron chi connectivity index (χ2n) is 4.43. The van der Waals surface area contributed by atoms with E-state index in [1.54, 1.807) is 0 Å². The molecule has 0 aliphatic rings. The topological polar surface area (TPSA) is 12.5 Å². The van der Waals surface area contributed by atoms with E-state index in [0.29, 0.717) is 0 Å². The lowest BCUT2D eigenvalue weighted by atomic mass is 10.3. The first-order valence-electron chi connectivity index (χ1n) is 7.12. The van der Waals surface area contributed by atoms with Gasteiger partial charge in [0.05, 0.1) is 0 Å². The zero-order chi connectivity index (χ0) is 13.9. The number of nitrogens with zero attached hydrogens (tertiary/aromatic N) is 1. The molecule has 1 aromatic carbocycles. The van der Waals surface area contributed by atoms with Crippen LogP contribution in [0.25, 0.3) is 0 Å². The molecule has 0 amide bonds. The molecule has 0 saturated heterocycles. The van der Waals surface area contributed by atoms with Gasteiger partial charge in [-0.2, -0.15) is 0 Å². The molecule has 0 aromatic heterocycles. The number of ether oxygens (including phenoxy) is 1. The van der Waals surface area contributed by atoms with Gasteiger partial charge in [-0.25, -0.2) is 0 Å². The van der Waals surface area contributed by atoms with Gasteiger partial charge < -0.3 is 9.64 Å². The molecule has 0 atom stereocenters.